The van der Waals surface area contributed by atoms with E-state index < -0.39 is 0 Å². The minimum Gasteiger partial charge on any atom is -0.409 e. The van der Waals surface area contributed by atoms with Crippen molar-refractivity contribution in [3.8, 4) is 0 Å². The van der Waals surface area contributed by atoms with Gasteiger partial charge in [-0.25, -0.2) is 0 Å². The highest BCUT2D eigenvalue weighted by molar-refractivity contribution is 5.85. The van der Waals surface area contributed by atoms with Crippen LogP contribution in [-0.2, 0) is 0 Å². The molecule has 1 aliphatic rings. The first-order valence-electron chi connectivity index (χ1n) is 6.66. The molecule has 4 nitrogen and oxygen atoms in total. The topological polar surface area (TPSA) is 61.8 Å². The van der Waals surface area contributed by atoms with Crippen LogP contribution in [0.15, 0.2) is 5.16 Å². The summed E-state index contributed by atoms with van der Waals surface area (Å²) in [5.41, 5.74) is 5.48. The minimum absolute atomic E-state index is 0.198. The van der Waals surface area contributed by atoms with Crippen LogP contribution in [0.1, 0.15) is 46.5 Å². The molecule has 1 saturated heterocycles. The van der Waals surface area contributed by atoms with Gasteiger partial charge in [-0.15, -0.1) is 0 Å². The lowest BCUT2D eigenvalue weighted by molar-refractivity contribution is 0.176. The number of likely N-dealkylation sites (tertiary alicyclic amines) is 1. The second-order valence-electron chi connectivity index (χ2n) is 6.02. The second-order valence-corrected chi connectivity index (χ2v) is 6.02. The third-order valence-electron chi connectivity index (χ3n) is 3.82. The van der Waals surface area contributed by atoms with Crippen molar-refractivity contribution in [3.05, 3.63) is 0 Å². The molecule has 3 N–H and O–H groups in total. The predicted molar refractivity (Wildman–Crippen MR) is 71.3 cm³/mol. The fourth-order valence-corrected chi connectivity index (χ4v) is 2.50. The van der Waals surface area contributed by atoms with Crippen LogP contribution in [0.3, 0.4) is 0 Å². The van der Waals surface area contributed by atoms with Gasteiger partial charge in [0.05, 0.1) is 0 Å². The molecule has 0 radical (unpaired) electrons. The van der Waals surface area contributed by atoms with Crippen LogP contribution in [-0.4, -0.2) is 35.6 Å². The summed E-state index contributed by atoms with van der Waals surface area (Å²) >= 11 is 0. The van der Waals surface area contributed by atoms with Crippen molar-refractivity contribution in [2.24, 2.45) is 22.2 Å². The normalized spacial score (nSPS) is 23.9. The Labute approximate surface area is 105 Å². The lowest BCUT2D eigenvalue weighted by Gasteiger charge is -2.32. The van der Waals surface area contributed by atoms with E-state index in [9.17, 15) is 0 Å². The standard InChI is InChI=1S/C13H27N3O/c1-11-6-4-8-16(10-11)9-5-7-13(2,3)12(14)15-17/h11,17H,4-10H2,1-3H3,(H2,14,15). The van der Waals surface area contributed by atoms with Gasteiger partial charge >= 0.3 is 0 Å². The van der Waals surface area contributed by atoms with Crippen LogP contribution >= 0.6 is 0 Å². The Morgan fingerprint density at radius 1 is 1.53 bits per heavy atom. The summed E-state index contributed by atoms with van der Waals surface area (Å²) in [4.78, 5) is 2.54. The Bertz CT molecular complexity index is 263. The predicted octanol–water partition coefficient (Wildman–Crippen LogP) is 2.27. The van der Waals surface area contributed by atoms with E-state index in [1.807, 2.05) is 13.8 Å². The molecule has 1 fully saturated rings. The van der Waals surface area contributed by atoms with Crippen LogP contribution in [0.5, 0.6) is 0 Å². The van der Waals surface area contributed by atoms with E-state index in [1.54, 1.807) is 0 Å². The van der Waals surface area contributed by atoms with Gasteiger partial charge in [-0.05, 0) is 44.7 Å². The molecular weight excluding hydrogens is 214 g/mol. The fraction of sp³-hybridized carbons (Fsp3) is 0.923. The van der Waals surface area contributed by atoms with E-state index in [2.05, 4.69) is 17.0 Å². The first kappa shape index (κ1) is 14.3. The summed E-state index contributed by atoms with van der Waals surface area (Å²) in [6, 6.07) is 0. The molecule has 17 heavy (non-hydrogen) atoms. The van der Waals surface area contributed by atoms with Gasteiger partial charge in [-0.1, -0.05) is 25.9 Å². The van der Waals surface area contributed by atoms with Crippen molar-refractivity contribution in [1.29, 1.82) is 0 Å². The number of oxime groups is 1. The molecule has 0 aromatic carbocycles. The van der Waals surface area contributed by atoms with Gasteiger partial charge < -0.3 is 15.8 Å². The SMILES string of the molecule is CC1CCCN(CCCC(C)(C)C(N)=NO)C1. The third kappa shape index (κ3) is 4.54. The van der Waals surface area contributed by atoms with E-state index in [4.69, 9.17) is 10.9 Å². The first-order chi connectivity index (χ1) is 7.95. The molecule has 0 aromatic rings. The summed E-state index contributed by atoms with van der Waals surface area (Å²) in [5, 5.41) is 11.8. The Hall–Kier alpha value is -0.770. The van der Waals surface area contributed by atoms with Crippen LogP contribution in [0.4, 0.5) is 0 Å². The Kier molecular flexibility index (Phi) is 5.25. The molecule has 0 aromatic heterocycles. The number of nitrogens with zero attached hydrogens (tertiary/aromatic N) is 2. The van der Waals surface area contributed by atoms with Crippen LogP contribution in [0.2, 0.25) is 0 Å². The summed E-state index contributed by atoms with van der Waals surface area (Å²) in [6.07, 6.45) is 4.76. The number of amidine groups is 1. The lowest BCUT2D eigenvalue weighted by atomic mass is 9.86. The second kappa shape index (κ2) is 6.24. The highest BCUT2D eigenvalue weighted by atomic mass is 16.4. The van der Waals surface area contributed by atoms with Crippen molar-refractivity contribution >= 4 is 5.84 Å². The van der Waals surface area contributed by atoms with E-state index in [0.717, 1.165) is 25.3 Å². The fourth-order valence-electron chi connectivity index (χ4n) is 2.50. The van der Waals surface area contributed by atoms with Crippen LogP contribution < -0.4 is 5.73 Å². The van der Waals surface area contributed by atoms with Crippen molar-refractivity contribution in [3.63, 3.8) is 0 Å². The van der Waals surface area contributed by atoms with Gasteiger partial charge in [0.2, 0.25) is 0 Å². The van der Waals surface area contributed by atoms with Gasteiger partial charge in [-0.3, -0.25) is 0 Å². The van der Waals surface area contributed by atoms with Crippen LogP contribution in [0, 0.1) is 11.3 Å². The molecule has 1 heterocycles. The summed E-state index contributed by atoms with van der Waals surface area (Å²) in [5.74, 6) is 1.17. The molecule has 0 bridgehead atoms. The summed E-state index contributed by atoms with van der Waals surface area (Å²) in [6.45, 7) is 9.97. The minimum atomic E-state index is -0.198. The zero-order valence-electron chi connectivity index (χ0n) is 11.4. The van der Waals surface area contributed by atoms with E-state index in [-0.39, 0.29) is 5.41 Å². The van der Waals surface area contributed by atoms with Crippen LogP contribution in [0.25, 0.3) is 0 Å². The van der Waals surface area contributed by atoms with Gasteiger partial charge in [-0.2, -0.15) is 0 Å². The third-order valence-corrected chi connectivity index (χ3v) is 3.82. The van der Waals surface area contributed by atoms with Gasteiger partial charge in [0.25, 0.3) is 0 Å². The first-order valence-corrected chi connectivity index (χ1v) is 6.66. The van der Waals surface area contributed by atoms with Crippen molar-refractivity contribution in [2.75, 3.05) is 19.6 Å². The van der Waals surface area contributed by atoms with E-state index in [0.29, 0.717) is 5.84 Å². The van der Waals surface area contributed by atoms with Crippen molar-refractivity contribution in [1.82, 2.24) is 4.90 Å². The number of hydrogen-bond donors (Lipinski definition) is 2. The Morgan fingerprint density at radius 3 is 2.82 bits per heavy atom. The molecule has 1 rings (SSSR count). The molecule has 0 saturated carbocycles. The highest BCUT2D eigenvalue weighted by Crippen LogP contribution is 2.23. The summed E-state index contributed by atoms with van der Waals surface area (Å²) < 4.78 is 0. The van der Waals surface area contributed by atoms with Crippen molar-refractivity contribution in [2.45, 2.75) is 46.5 Å². The average molecular weight is 241 g/mol. The largest absolute Gasteiger partial charge is 0.409 e. The molecule has 1 aliphatic heterocycles. The maximum absolute atomic E-state index is 8.71. The molecular formula is C13H27N3O. The van der Waals surface area contributed by atoms with Crippen molar-refractivity contribution < 1.29 is 5.21 Å². The number of hydrogen-bond acceptors (Lipinski definition) is 3. The Morgan fingerprint density at radius 2 is 2.24 bits per heavy atom. The quantitative estimate of drug-likeness (QED) is 0.336. The average Bonchev–Trinajstić information content (AvgIpc) is 2.27. The summed E-state index contributed by atoms with van der Waals surface area (Å²) in [7, 11) is 0. The monoisotopic (exact) mass is 241 g/mol. The lowest BCUT2D eigenvalue weighted by Crippen LogP contribution is -2.36. The zero-order chi connectivity index (χ0) is 12.9. The molecule has 4 heteroatoms. The molecule has 0 aliphatic carbocycles. The molecule has 1 unspecified atom stereocenters. The smallest absolute Gasteiger partial charge is 0.144 e. The number of piperidine rings is 1. The number of rotatable bonds is 5. The zero-order valence-corrected chi connectivity index (χ0v) is 11.4. The van der Waals surface area contributed by atoms with Gasteiger partial charge in [0.15, 0.2) is 0 Å². The van der Waals surface area contributed by atoms with Gasteiger partial charge in [0, 0.05) is 12.0 Å². The molecule has 0 spiro atoms. The number of nitrogens with two attached hydrogens (primary N) is 1. The molecule has 100 valence electrons. The Balaban J connectivity index is 2.27. The molecule has 0 amide bonds. The van der Waals surface area contributed by atoms with E-state index in [1.165, 1.54) is 25.9 Å². The van der Waals surface area contributed by atoms with E-state index >= 15 is 0 Å². The maximum atomic E-state index is 8.71. The highest BCUT2D eigenvalue weighted by Gasteiger charge is 2.24. The maximum Gasteiger partial charge on any atom is 0.144 e. The molecule has 1 atom stereocenters. The van der Waals surface area contributed by atoms with Gasteiger partial charge in [0.1, 0.15) is 5.84 Å².